The van der Waals surface area contributed by atoms with Crippen molar-refractivity contribution >= 4 is 11.7 Å². The number of nitrogens with zero attached hydrogens (tertiary/aromatic N) is 5. The highest BCUT2D eigenvalue weighted by Crippen LogP contribution is 2.40. The first-order chi connectivity index (χ1) is 16.9. The first kappa shape index (κ1) is 22.5. The topological polar surface area (TPSA) is 104 Å². The van der Waals surface area contributed by atoms with Crippen molar-refractivity contribution in [3.63, 3.8) is 0 Å². The van der Waals surface area contributed by atoms with Crippen LogP contribution in [0, 0.1) is 6.92 Å². The number of hydrogen-bond acceptors (Lipinski definition) is 7. The van der Waals surface area contributed by atoms with E-state index in [9.17, 15) is 4.79 Å². The molecule has 0 bridgehead atoms. The predicted molar refractivity (Wildman–Crippen MR) is 131 cm³/mol. The van der Waals surface area contributed by atoms with Gasteiger partial charge in [0.1, 0.15) is 17.3 Å². The summed E-state index contributed by atoms with van der Waals surface area (Å²) in [5, 5.41) is 16.0. The smallest absolute Gasteiger partial charge is 0.272 e. The average Bonchev–Trinajstić information content (AvgIpc) is 3.20. The van der Waals surface area contributed by atoms with Gasteiger partial charge in [-0.3, -0.25) is 4.79 Å². The van der Waals surface area contributed by atoms with Crippen molar-refractivity contribution in [3.8, 4) is 28.7 Å². The summed E-state index contributed by atoms with van der Waals surface area (Å²) in [6.45, 7) is 5.91. The number of benzene rings is 2. The first-order valence-electron chi connectivity index (χ1n) is 11.4. The molecule has 1 aliphatic rings. The van der Waals surface area contributed by atoms with Crippen LogP contribution in [0.15, 0.2) is 54.7 Å². The Balaban J connectivity index is 1.54. The van der Waals surface area contributed by atoms with E-state index in [0.29, 0.717) is 17.9 Å². The molecule has 0 spiro atoms. The number of nitrogens with one attached hydrogen (secondary N) is 1. The summed E-state index contributed by atoms with van der Waals surface area (Å²) in [6, 6.07) is 15.4. The maximum Gasteiger partial charge on any atom is 0.272 e. The number of fused-ring (bicyclic) bond motifs is 1. The Bertz CT molecular complexity index is 1380. The molecule has 0 saturated heterocycles. The van der Waals surface area contributed by atoms with Crippen LogP contribution in [0.3, 0.4) is 0 Å². The van der Waals surface area contributed by atoms with Gasteiger partial charge in [-0.1, -0.05) is 24.3 Å². The quantitative estimate of drug-likeness (QED) is 0.448. The van der Waals surface area contributed by atoms with Crippen LogP contribution in [-0.4, -0.2) is 44.1 Å². The lowest BCUT2D eigenvalue weighted by molar-refractivity contribution is -0.116. The molecule has 4 aromatic rings. The number of ether oxygens (including phenoxy) is 2. The summed E-state index contributed by atoms with van der Waals surface area (Å²) in [7, 11) is 1.62. The molecular weight excluding hydrogens is 444 g/mol. The summed E-state index contributed by atoms with van der Waals surface area (Å²) < 4.78 is 12.6. The third kappa shape index (κ3) is 4.44. The van der Waals surface area contributed by atoms with Crippen molar-refractivity contribution < 1.29 is 14.3 Å². The van der Waals surface area contributed by atoms with E-state index < -0.39 is 0 Å². The van der Waals surface area contributed by atoms with E-state index in [0.717, 1.165) is 33.9 Å². The fourth-order valence-corrected chi connectivity index (χ4v) is 4.33. The number of carbonyl (C=O) groups is 1. The maximum atomic E-state index is 12.7. The molecular formula is C26H26N6O3. The van der Waals surface area contributed by atoms with Crippen LogP contribution in [0.4, 0.5) is 5.82 Å². The molecule has 178 valence electrons. The van der Waals surface area contributed by atoms with Crippen molar-refractivity contribution in [2.75, 3.05) is 12.4 Å². The molecule has 1 atom stereocenters. The van der Waals surface area contributed by atoms with E-state index >= 15 is 0 Å². The second kappa shape index (κ2) is 9.17. The number of carbonyl (C=O) groups excluding carboxylic acids is 1. The first-order valence-corrected chi connectivity index (χ1v) is 11.4. The van der Waals surface area contributed by atoms with Crippen LogP contribution in [0.25, 0.3) is 17.2 Å². The van der Waals surface area contributed by atoms with Crippen LogP contribution >= 0.6 is 0 Å². The van der Waals surface area contributed by atoms with Crippen molar-refractivity contribution in [2.45, 2.75) is 39.2 Å². The molecule has 1 N–H and O–H groups in total. The molecule has 0 fully saturated rings. The second-order valence-corrected chi connectivity index (χ2v) is 8.67. The summed E-state index contributed by atoms with van der Waals surface area (Å²) in [5.41, 5.74) is 4.21. The van der Waals surface area contributed by atoms with E-state index in [1.165, 1.54) is 0 Å². The lowest BCUT2D eigenvalue weighted by atomic mass is 9.86. The van der Waals surface area contributed by atoms with Crippen LogP contribution in [0.5, 0.6) is 11.5 Å². The highest BCUT2D eigenvalue weighted by Gasteiger charge is 2.33. The highest BCUT2D eigenvalue weighted by atomic mass is 16.5. The number of aryl methyl sites for hydroxylation is 1. The second-order valence-electron chi connectivity index (χ2n) is 8.67. The Morgan fingerprint density at radius 3 is 2.66 bits per heavy atom. The Labute approximate surface area is 203 Å². The van der Waals surface area contributed by atoms with Gasteiger partial charge in [-0.05, 0) is 50.6 Å². The van der Waals surface area contributed by atoms with Gasteiger partial charge in [0.25, 0.3) is 5.95 Å². The minimum atomic E-state index is -0.143. The summed E-state index contributed by atoms with van der Waals surface area (Å²) in [5.74, 6) is 2.12. The highest BCUT2D eigenvalue weighted by molar-refractivity contribution is 5.95. The monoisotopic (exact) mass is 470 g/mol. The van der Waals surface area contributed by atoms with E-state index in [1.807, 2.05) is 69.3 Å². The number of aromatic nitrogens is 5. The lowest BCUT2D eigenvalue weighted by Gasteiger charge is -2.24. The van der Waals surface area contributed by atoms with Crippen molar-refractivity contribution in [3.05, 3.63) is 71.5 Å². The van der Waals surface area contributed by atoms with Gasteiger partial charge in [0.15, 0.2) is 0 Å². The molecule has 0 saturated carbocycles. The molecule has 1 aliphatic heterocycles. The maximum absolute atomic E-state index is 12.7. The lowest BCUT2D eigenvalue weighted by Crippen LogP contribution is -2.25. The van der Waals surface area contributed by atoms with Crippen molar-refractivity contribution in [2.24, 2.45) is 0 Å². The third-order valence-corrected chi connectivity index (χ3v) is 5.86. The summed E-state index contributed by atoms with van der Waals surface area (Å²) >= 11 is 0. The van der Waals surface area contributed by atoms with E-state index in [1.54, 1.807) is 18.0 Å². The van der Waals surface area contributed by atoms with Gasteiger partial charge in [0.05, 0.1) is 30.8 Å². The Morgan fingerprint density at radius 1 is 1.11 bits per heavy atom. The van der Waals surface area contributed by atoms with Gasteiger partial charge in [0, 0.05) is 23.5 Å². The van der Waals surface area contributed by atoms with Crippen molar-refractivity contribution in [1.29, 1.82) is 0 Å². The Hall–Kier alpha value is -4.27. The number of rotatable bonds is 6. The van der Waals surface area contributed by atoms with Crippen LogP contribution in [0.2, 0.25) is 0 Å². The number of hydrogen-bond donors (Lipinski definition) is 1. The third-order valence-electron chi connectivity index (χ3n) is 5.86. The largest absolute Gasteiger partial charge is 0.497 e. The van der Waals surface area contributed by atoms with E-state index in [2.05, 4.69) is 25.6 Å². The zero-order chi connectivity index (χ0) is 24.5. The van der Waals surface area contributed by atoms with Crippen molar-refractivity contribution in [1.82, 2.24) is 25.0 Å². The molecule has 9 heteroatoms. The molecule has 9 nitrogen and oxygen atoms in total. The molecule has 3 heterocycles. The molecule has 0 radical (unpaired) electrons. The van der Waals surface area contributed by atoms with Crippen LogP contribution in [0.1, 0.15) is 43.0 Å². The molecule has 2 aromatic heterocycles. The van der Waals surface area contributed by atoms with Gasteiger partial charge >= 0.3 is 0 Å². The fraction of sp³-hybridized carbons (Fsp3) is 0.269. The Morgan fingerprint density at radius 2 is 1.91 bits per heavy atom. The normalized spacial score (nSPS) is 15.0. The van der Waals surface area contributed by atoms with E-state index in [-0.39, 0.29) is 23.9 Å². The predicted octanol–water partition coefficient (Wildman–Crippen LogP) is 4.30. The molecule has 5 rings (SSSR count). The van der Waals surface area contributed by atoms with Gasteiger partial charge in [-0.2, -0.15) is 14.9 Å². The Kier molecular flexibility index (Phi) is 5.90. The minimum absolute atomic E-state index is 0.0923. The van der Waals surface area contributed by atoms with Crippen LogP contribution in [-0.2, 0) is 4.79 Å². The van der Waals surface area contributed by atoms with Crippen LogP contribution < -0.4 is 14.8 Å². The van der Waals surface area contributed by atoms with E-state index in [4.69, 9.17) is 9.47 Å². The molecule has 1 amide bonds. The minimum Gasteiger partial charge on any atom is -0.497 e. The standard InChI is InChI=1S/C26H26N6O3/c1-15(2)35-19-10-8-17(9-11-19)21-13-23(33)29-25-24(21)16(3)31-32(25)26-28-22(14-27-30-26)18-6-5-7-20(12-18)34-4/h5-12,14-15,21H,13H2,1-4H3,(H,29,33)/t21-/m1/s1. The number of methoxy groups -OCH3 is 1. The number of amides is 1. The van der Waals surface area contributed by atoms with Gasteiger partial charge < -0.3 is 14.8 Å². The zero-order valence-corrected chi connectivity index (χ0v) is 20.0. The van der Waals surface area contributed by atoms with Gasteiger partial charge in [-0.25, -0.2) is 4.98 Å². The summed E-state index contributed by atoms with van der Waals surface area (Å²) in [6.07, 6.45) is 2.01. The van der Waals surface area contributed by atoms with Gasteiger partial charge in [-0.15, -0.1) is 5.10 Å². The molecule has 35 heavy (non-hydrogen) atoms. The van der Waals surface area contributed by atoms with Gasteiger partial charge in [0.2, 0.25) is 5.91 Å². The fourth-order valence-electron chi connectivity index (χ4n) is 4.33. The molecule has 2 aromatic carbocycles. The number of anilines is 1. The SMILES string of the molecule is COc1cccc(-c2cnnc(-n3nc(C)c4c3NC(=O)C[C@@H]4c3ccc(OC(C)C)cc3)n2)c1. The average molecular weight is 471 g/mol. The zero-order valence-electron chi connectivity index (χ0n) is 20.0. The summed E-state index contributed by atoms with van der Waals surface area (Å²) in [4.78, 5) is 17.4. The molecule has 0 unspecified atom stereocenters. The molecule has 0 aliphatic carbocycles.